The summed E-state index contributed by atoms with van der Waals surface area (Å²) in [4.78, 5) is 1.04. The molecule has 0 atom stereocenters. The highest BCUT2D eigenvalue weighted by atomic mass is 79.9. The van der Waals surface area contributed by atoms with Gasteiger partial charge in [0.1, 0.15) is 0 Å². The molecule has 0 amide bonds. The monoisotopic (exact) mass is 260 g/mol. The van der Waals surface area contributed by atoms with E-state index in [1.807, 2.05) is 6.07 Å². The lowest BCUT2D eigenvalue weighted by molar-refractivity contribution is 1.44. The lowest BCUT2D eigenvalue weighted by Crippen LogP contribution is -2.38. The van der Waals surface area contributed by atoms with Crippen molar-refractivity contribution in [3.63, 3.8) is 0 Å². The van der Waals surface area contributed by atoms with E-state index in [0.29, 0.717) is 0 Å². The van der Waals surface area contributed by atoms with Gasteiger partial charge in [-0.05, 0) is 27.2 Å². The first-order valence-corrected chi connectivity index (χ1v) is 8.65. The van der Waals surface area contributed by atoms with Crippen LogP contribution in [0.3, 0.4) is 0 Å². The van der Waals surface area contributed by atoms with Crippen LogP contribution in [0.25, 0.3) is 0 Å². The Kier molecular flexibility index (Phi) is 3.07. The summed E-state index contributed by atoms with van der Waals surface area (Å²) < 4.78 is 1.17. The van der Waals surface area contributed by atoms with Crippen LogP contribution in [0.15, 0.2) is 27.6 Å². The van der Waals surface area contributed by atoms with Crippen LogP contribution < -0.4 is 5.19 Å². The SMILES string of the molecule is C[Si](C)(C)c1cccc(S)c1Br. The first-order chi connectivity index (χ1) is 5.43. The summed E-state index contributed by atoms with van der Waals surface area (Å²) in [6.07, 6.45) is 0. The maximum Gasteiger partial charge on any atom is 0.0791 e. The van der Waals surface area contributed by atoms with E-state index in [2.05, 4.69) is 60.3 Å². The molecule has 0 fully saturated rings. The highest BCUT2D eigenvalue weighted by molar-refractivity contribution is 9.10. The lowest BCUT2D eigenvalue weighted by Gasteiger charge is -2.19. The highest BCUT2D eigenvalue weighted by Crippen LogP contribution is 2.20. The van der Waals surface area contributed by atoms with Gasteiger partial charge < -0.3 is 0 Å². The largest absolute Gasteiger partial charge is 0.142 e. The summed E-state index contributed by atoms with van der Waals surface area (Å²) in [6.45, 7) is 7.00. The highest BCUT2D eigenvalue weighted by Gasteiger charge is 2.19. The molecule has 0 aromatic heterocycles. The molecule has 0 spiro atoms. The second-order valence-electron chi connectivity index (χ2n) is 3.89. The maximum atomic E-state index is 4.37. The predicted octanol–water partition coefficient (Wildman–Crippen LogP) is 3.28. The van der Waals surface area contributed by atoms with Crippen molar-refractivity contribution in [3.05, 3.63) is 22.7 Å². The Morgan fingerprint density at radius 2 is 1.83 bits per heavy atom. The van der Waals surface area contributed by atoms with Gasteiger partial charge in [0.05, 0.1) is 8.07 Å². The van der Waals surface area contributed by atoms with E-state index in [4.69, 9.17) is 0 Å². The first kappa shape index (κ1) is 10.3. The van der Waals surface area contributed by atoms with E-state index in [1.54, 1.807) is 0 Å². The Morgan fingerprint density at radius 3 is 2.25 bits per heavy atom. The van der Waals surface area contributed by atoms with Crippen molar-refractivity contribution in [1.82, 2.24) is 0 Å². The van der Waals surface area contributed by atoms with Crippen LogP contribution in [0.5, 0.6) is 0 Å². The molecule has 0 nitrogen and oxygen atoms in total. The molecular weight excluding hydrogens is 248 g/mol. The molecule has 3 heteroatoms. The van der Waals surface area contributed by atoms with Crippen molar-refractivity contribution in [2.24, 2.45) is 0 Å². The molecular formula is C9H13BrSSi. The Bertz CT molecular complexity index is 291. The fraction of sp³-hybridized carbons (Fsp3) is 0.333. The topological polar surface area (TPSA) is 0 Å². The molecule has 1 aromatic rings. The lowest BCUT2D eigenvalue weighted by atomic mass is 10.4. The number of rotatable bonds is 1. The van der Waals surface area contributed by atoms with Crippen LogP contribution in [0.1, 0.15) is 0 Å². The molecule has 0 aliphatic rings. The van der Waals surface area contributed by atoms with Crippen molar-refractivity contribution >= 4 is 41.8 Å². The number of hydrogen-bond donors (Lipinski definition) is 1. The summed E-state index contributed by atoms with van der Waals surface area (Å²) in [5, 5.41) is 1.44. The van der Waals surface area contributed by atoms with Gasteiger partial charge in [0.2, 0.25) is 0 Å². The number of halogens is 1. The average Bonchev–Trinajstić information content (AvgIpc) is 1.92. The Hall–Kier alpha value is 0.267. The standard InChI is InChI=1S/C9H13BrSSi/c1-12(2,3)8-6-4-5-7(11)9(8)10/h4-6,11H,1-3H3. The van der Waals surface area contributed by atoms with E-state index in [-0.39, 0.29) is 0 Å². The van der Waals surface area contributed by atoms with Gasteiger partial charge in [-0.2, -0.15) is 0 Å². The smallest absolute Gasteiger partial charge is 0.0791 e. The van der Waals surface area contributed by atoms with Crippen molar-refractivity contribution in [2.45, 2.75) is 24.5 Å². The number of benzene rings is 1. The van der Waals surface area contributed by atoms with Crippen LogP contribution in [0.4, 0.5) is 0 Å². The fourth-order valence-corrected chi connectivity index (χ4v) is 4.85. The number of thiol groups is 1. The Balaban J connectivity index is 3.26. The molecule has 1 rings (SSSR count). The molecule has 66 valence electrons. The van der Waals surface area contributed by atoms with Crippen LogP contribution in [0.2, 0.25) is 19.6 Å². The van der Waals surface area contributed by atoms with Crippen LogP contribution >= 0.6 is 28.6 Å². The maximum absolute atomic E-state index is 4.37. The molecule has 0 N–H and O–H groups in total. The quantitative estimate of drug-likeness (QED) is 0.582. The van der Waals surface area contributed by atoms with Crippen molar-refractivity contribution < 1.29 is 0 Å². The normalized spacial score (nSPS) is 11.8. The van der Waals surface area contributed by atoms with E-state index in [0.717, 1.165) is 4.90 Å². The van der Waals surface area contributed by atoms with E-state index in [1.165, 1.54) is 9.66 Å². The number of hydrogen-bond acceptors (Lipinski definition) is 1. The van der Waals surface area contributed by atoms with Gasteiger partial charge in [0.15, 0.2) is 0 Å². The summed E-state index contributed by atoms with van der Waals surface area (Å²) >= 11 is 7.95. The van der Waals surface area contributed by atoms with Gasteiger partial charge in [0.25, 0.3) is 0 Å². The van der Waals surface area contributed by atoms with Crippen molar-refractivity contribution in [3.8, 4) is 0 Å². The van der Waals surface area contributed by atoms with Gasteiger partial charge in [-0.3, -0.25) is 0 Å². The van der Waals surface area contributed by atoms with Gasteiger partial charge in [0, 0.05) is 9.37 Å². The zero-order chi connectivity index (χ0) is 9.35. The van der Waals surface area contributed by atoms with Crippen LogP contribution in [0, 0.1) is 0 Å². The second-order valence-corrected chi connectivity index (χ2v) is 10.2. The van der Waals surface area contributed by atoms with E-state index in [9.17, 15) is 0 Å². The fourth-order valence-electron chi connectivity index (χ4n) is 1.10. The Morgan fingerprint density at radius 1 is 1.25 bits per heavy atom. The molecule has 0 radical (unpaired) electrons. The minimum Gasteiger partial charge on any atom is -0.142 e. The van der Waals surface area contributed by atoms with Crippen molar-refractivity contribution in [1.29, 1.82) is 0 Å². The van der Waals surface area contributed by atoms with Crippen molar-refractivity contribution in [2.75, 3.05) is 0 Å². The van der Waals surface area contributed by atoms with Gasteiger partial charge in [-0.25, -0.2) is 0 Å². The molecule has 0 heterocycles. The third-order valence-corrected chi connectivity index (χ3v) is 5.72. The molecule has 1 aromatic carbocycles. The molecule has 0 aliphatic heterocycles. The first-order valence-electron chi connectivity index (χ1n) is 3.91. The molecule has 0 bridgehead atoms. The predicted molar refractivity (Wildman–Crippen MR) is 64.4 cm³/mol. The second kappa shape index (κ2) is 3.56. The molecule has 0 saturated carbocycles. The molecule has 0 aliphatic carbocycles. The summed E-state index contributed by atoms with van der Waals surface area (Å²) in [5.41, 5.74) is 0. The summed E-state index contributed by atoms with van der Waals surface area (Å²) in [5.74, 6) is 0. The minimum absolute atomic E-state index is 1.04. The average molecular weight is 261 g/mol. The minimum atomic E-state index is -1.21. The third kappa shape index (κ3) is 2.15. The molecule has 0 unspecified atom stereocenters. The van der Waals surface area contributed by atoms with Crippen LogP contribution in [-0.4, -0.2) is 8.07 Å². The van der Waals surface area contributed by atoms with E-state index >= 15 is 0 Å². The third-order valence-electron chi connectivity index (χ3n) is 1.79. The van der Waals surface area contributed by atoms with Gasteiger partial charge in [-0.1, -0.05) is 31.8 Å². The van der Waals surface area contributed by atoms with E-state index < -0.39 is 8.07 Å². The Labute approximate surface area is 88.9 Å². The summed E-state index contributed by atoms with van der Waals surface area (Å²) in [7, 11) is -1.21. The summed E-state index contributed by atoms with van der Waals surface area (Å²) in [6, 6.07) is 6.27. The zero-order valence-electron chi connectivity index (χ0n) is 7.56. The van der Waals surface area contributed by atoms with Gasteiger partial charge in [-0.15, -0.1) is 12.6 Å². The molecule has 0 saturated heterocycles. The van der Waals surface area contributed by atoms with Gasteiger partial charge >= 0.3 is 0 Å². The molecule has 12 heavy (non-hydrogen) atoms. The zero-order valence-corrected chi connectivity index (χ0v) is 11.0. The van der Waals surface area contributed by atoms with Crippen LogP contribution in [-0.2, 0) is 0 Å².